The first-order chi connectivity index (χ1) is 5.68. The molecule has 1 aromatic carbocycles. The van der Waals surface area contributed by atoms with Gasteiger partial charge in [-0.2, -0.15) is 0 Å². The molecule has 2 unspecified atom stereocenters. The third-order valence-electron chi connectivity index (χ3n) is 2.25. The summed E-state index contributed by atoms with van der Waals surface area (Å²) in [6.07, 6.45) is 0.900. The third-order valence-corrected chi connectivity index (χ3v) is 2.25. The van der Waals surface area contributed by atoms with Gasteiger partial charge in [0.1, 0.15) is 11.5 Å². The van der Waals surface area contributed by atoms with E-state index in [1.807, 2.05) is 0 Å². The zero-order valence-electron chi connectivity index (χ0n) is 6.57. The molecule has 0 radical (unpaired) electrons. The first-order valence-electron chi connectivity index (χ1n) is 3.96. The maximum atomic E-state index is 9.40. The van der Waals surface area contributed by atoms with Crippen molar-refractivity contribution in [2.24, 2.45) is 5.73 Å². The lowest BCUT2D eigenvalue weighted by Gasteiger charge is -2.02. The molecular weight excluding hydrogens is 154 g/mol. The van der Waals surface area contributed by atoms with Gasteiger partial charge in [0.2, 0.25) is 0 Å². The number of aromatic hydroxyl groups is 2. The predicted molar refractivity (Wildman–Crippen MR) is 45.1 cm³/mol. The van der Waals surface area contributed by atoms with Crippen LogP contribution >= 0.6 is 0 Å². The summed E-state index contributed by atoms with van der Waals surface area (Å²) in [4.78, 5) is 0. The molecule has 0 amide bonds. The molecule has 0 aliphatic heterocycles. The van der Waals surface area contributed by atoms with Crippen LogP contribution < -0.4 is 5.73 Å². The molecule has 0 aromatic heterocycles. The van der Waals surface area contributed by atoms with Crippen molar-refractivity contribution in [1.29, 1.82) is 0 Å². The number of phenols is 2. The van der Waals surface area contributed by atoms with E-state index in [0.29, 0.717) is 0 Å². The molecule has 1 fully saturated rings. The standard InChI is InChI=1S/C9H11NO2/c10-8-4-6(8)7-3-5(11)1-2-9(7)12/h1-3,6,8,11-12H,4,10H2. The largest absolute Gasteiger partial charge is 0.508 e. The Kier molecular flexibility index (Phi) is 1.48. The van der Waals surface area contributed by atoms with E-state index in [4.69, 9.17) is 10.8 Å². The lowest BCUT2D eigenvalue weighted by molar-refractivity contribution is 0.454. The summed E-state index contributed by atoms with van der Waals surface area (Å²) in [5, 5.41) is 18.5. The lowest BCUT2D eigenvalue weighted by atomic mass is 10.1. The van der Waals surface area contributed by atoms with Crippen LogP contribution in [-0.4, -0.2) is 16.3 Å². The summed E-state index contributed by atoms with van der Waals surface area (Å²) >= 11 is 0. The third kappa shape index (κ3) is 1.12. The summed E-state index contributed by atoms with van der Waals surface area (Å²) in [5.74, 6) is 0.643. The molecule has 1 aromatic rings. The van der Waals surface area contributed by atoms with Gasteiger partial charge in [-0.3, -0.25) is 0 Å². The van der Waals surface area contributed by atoms with Crippen LogP contribution in [0.4, 0.5) is 0 Å². The highest BCUT2D eigenvalue weighted by molar-refractivity contribution is 5.44. The van der Waals surface area contributed by atoms with Crippen LogP contribution in [-0.2, 0) is 0 Å². The minimum Gasteiger partial charge on any atom is -0.508 e. The number of nitrogens with two attached hydrogens (primary N) is 1. The van der Waals surface area contributed by atoms with E-state index in [1.165, 1.54) is 12.1 Å². The minimum absolute atomic E-state index is 0.151. The first-order valence-corrected chi connectivity index (χ1v) is 3.96. The van der Waals surface area contributed by atoms with E-state index in [0.717, 1.165) is 12.0 Å². The second kappa shape index (κ2) is 2.38. The Morgan fingerprint density at radius 2 is 2.00 bits per heavy atom. The number of phenolic OH excluding ortho intramolecular Hbond substituents is 2. The quantitative estimate of drug-likeness (QED) is 0.542. The highest BCUT2D eigenvalue weighted by Crippen LogP contribution is 2.43. The molecule has 2 atom stereocenters. The summed E-state index contributed by atoms with van der Waals surface area (Å²) in [6, 6.07) is 4.69. The van der Waals surface area contributed by atoms with E-state index in [9.17, 15) is 5.11 Å². The minimum atomic E-state index is 0.151. The monoisotopic (exact) mass is 165 g/mol. The second-order valence-electron chi connectivity index (χ2n) is 3.25. The Morgan fingerprint density at radius 3 is 2.58 bits per heavy atom. The molecular formula is C9H11NO2. The molecule has 1 saturated carbocycles. The molecule has 0 saturated heterocycles. The number of hydrogen-bond acceptors (Lipinski definition) is 3. The number of benzene rings is 1. The van der Waals surface area contributed by atoms with Gasteiger partial charge in [-0.1, -0.05) is 0 Å². The topological polar surface area (TPSA) is 66.5 Å². The Labute approximate surface area is 70.4 Å². The average Bonchev–Trinajstić information content (AvgIpc) is 2.73. The number of rotatable bonds is 1. The van der Waals surface area contributed by atoms with Gasteiger partial charge in [0, 0.05) is 17.5 Å². The van der Waals surface area contributed by atoms with Gasteiger partial charge in [-0.25, -0.2) is 0 Å². The van der Waals surface area contributed by atoms with Crippen molar-refractivity contribution >= 4 is 0 Å². The van der Waals surface area contributed by atoms with Crippen LogP contribution in [0.15, 0.2) is 18.2 Å². The normalized spacial score (nSPS) is 27.1. The second-order valence-corrected chi connectivity index (χ2v) is 3.25. The molecule has 3 heteroatoms. The Hall–Kier alpha value is -1.22. The van der Waals surface area contributed by atoms with E-state index in [-0.39, 0.29) is 23.5 Å². The Balaban J connectivity index is 2.36. The molecule has 1 aliphatic carbocycles. The van der Waals surface area contributed by atoms with Crippen LogP contribution in [0.1, 0.15) is 17.9 Å². The molecule has 12 heavy (non-hydrogen) atoms. The van der Waals surface area contributed by atoms with Gasteiger partial charge in [-0.15, -0.1) is 0 Å². The van der Waals surface area contributed by atoms with Gasteiger partial charge >= 0.3 is 0 Å². The zero-order chi connectivity index (χ0) is 8.72. The molecule has 0 spiro atoms. The van der Waals surface area contributed by atoms with E-state index in [2.05, 4.69) is 0 Å². The van der Waals surface area contributed by atoms with Crippen molar-refractivity contribution in [1.82, 2.24) is 0 Å². The summed E-state index contributed by atoms with van der Waals surface area (Å²) in [7, 11) is 0. The Bertz CT molecular complexity index is 311. The van der Waals surface area contributed by atoms with Crippen LogP contribution in [0, 0.1) is 0 Å². The number of hydrogen-bond donors (Lipinski definition) is 3. The highest BCUT2D eigenvalue weighted by atomic mass is 16.3. The average molecular weight is 165 g/mol. The lowest BCUT2D eigenvalue weighted by Crippen LogP contribution is -2.00. The van der Waals surface area contributed by atoms with Gasteiger partial charge < -0.3 is 15.9 Å². The first kappa shape index (κ1) is 7.43. The van der Waals surface area contributed by atoms with E-state index >= 15 is 0 Å². The van der Waals surface area contributed by atoms with Crippen LogP contribution in [0.5, 0.6) is 11.5 Å². The Morgan fingerprint density at radius 1 is 1.33 bits per heavy atom. The summed E-state index contributed by atoms with van der Waals surface area (Å²) in [6.45, 7) is 0. The van der Waals surface area contributed by atoms with Crippen LogP contribution in [0.3, 0.4) is 0 Å². The molecule has 4 N–H and O–H groups in total. The van der Waals surface area contributed by atoms with Crippen molar-refractivity contribution < 1.29 is 10.2 Å². The fourth-order valence-corrected chi connectivity index (χ4v) is 1.41. The fraction of sp³-hybridized carbons (Fsp3) is 0.333. The SMILES string of the molecule is NC1CC1c1cc(O)ccc1O. The summed E-state index contributed by atoms with van der Waals surface area (Å²) in [5.41, 5.74) is 6.39. The van der Waals surface area contributed by atoms with Crippen molar-refractivity contribution in [2.75, 3.05) is 0 Å². The van der Waals surface area contributed by atoms with Gasteiger partial charge in [0.15, 0.2) is 0 Å². The molecule has 2 rings (SSSR count). The van der Waals surface area contributed by atoms with Crippen LogP contribution in [0.2, 0.25) is 0 Å². The molecule has 0 bridgehead atoms. The maximum Gasteiger partial charge on any atom is 0.119 e. The van der Waals surface area contributed by atoms with Crippen LogP contribution in [0.25, 0.3) is 0 Å². The molecule has 3 nitrogen and oxygen atoms in total. The highest BCUT2D eigenvalue weighted by Gasteiger charge is 2.36. The van der Waals surface area contributed by atoms with Crippen molar-refractivity contribution in [3.05, 3.63) is 23.8 Å². The van der Waals surface area contributed by atoms with Gasteiger partial charge in [0.05, 0.1) is 0 Å². The zero-order valence-corrected chi connectivity index (χ0v) is 6.57. The predicted octanol–water partition coefficient (Wildman–Crippen LogP) is 0.912. The van der Waals surface area contributed by atoms with E-state index in [1.54, 1.807) is 6.07 Å². The molecule has 64 valence electrons. The van der Waals surface area contributed by atoms with Crippen molar-refractivity contribution in [2.45, 2.75) is 18.4 Å². The molecule has 1 aliphatic rings. The maximum absolute atomic E-state index is 9.40. The smallest absolute Gasteiger partial charge is 0.119 e. The molecule has 0 heterocycles. The van der Waals surface area contributed by atoms with Crippen molar-refractivity contribution in [3.63, 3.8) is 0 Å². The van der Waals surface area contributed by atoms with Gasteiger partial charge in [0.25, 0.3) is 0 Å². The van der Waals surface area contributed by atoms with E-state index < -0.39 is 0 Å². The van der Waals surface area contributed by atoms with Gasteiger partial charge in [-0.05, 0) is 24.6 Å². The summed E-state index contributed by atoms with van der Waals surface area (Å²) < 4.78 is 0. The van der Waals surface area contributed by atoms with Crippen molar-refractivity contribution in [3.8, 4) is 11.5 Å². The fourth-order valence-electron chi connectivity index (χ4n) is 1.41.